The molecule has 1 saturated heterocycles. The topological polar surface area (TPSA) is 80.1 Å². The summed E-state index contributed by atoms with van der Waals surface area (Å²) in [7, 11) is 2.16. The van der Waals surface area contributed by atoms with Crippen molar-refractivity contribution >= 4 is 65.1 Å². The Morgan fingerprint density at radius 1 is 0.919 bits per heavy atom. The largest absolute Gasteiger partial charge is 0.494 e. The lowest BCUT2D eigenvalue weighted by Gasteiger charge is -2.33. The van der Waals surface area contributed by atoms with E-state index < -0.39 is 0 Å². The SMILES string of the molecule is CN1CCN(c2ccc(C=CC3=c4ccc(=Cc5c(O)[nH]c6ccccc56)cc4N=N3)cn2)CC1.Cl.Cl. The molecule has 2 aliphatic rings. The molecule has 0 spiro atoms. The summed E-state index contributed by atoms with van der Waals surface area (Å²) in [5.41, 5.74) is 4.35. The van der Waals surface area contributed by atoms with Crippen molar-refractivity contribution in [3.05, 3.63) is 88.4 Å². The van der Waals surface area contributed by atoms with Gasteiger partial charge in [-0.05, 0) is 60.3 Å². The second-order valence-corrected chi connectivity index (χ2v) is 9.01. The predicted octanol–water partition coefficient (Wildman–Crippen LogP) is 4.61. The Balaban J connectivity index is 0.00000160. The van der Waals surface area contributed by atoms with E-state index in [0.29, 0.717) is 0 Å². The van der Waals surface area contributed by atoms with Crippen LogP contribution in [0.5, 0.6) is 5.88 Å². The van der Waals surface area contributed by atoms with E-state index in [1.165, 1.54) is 0 Å². The van der Waals surface area contributed by atoms with Crippen LogP contribution in [0.15, 0.2) is 77.1 Å². The standard InChI is InChI=1S/C28H26N6O.2ClH/c1-33-12-14-34(15-13-33)27-11-8-19(18-29-27)7-10-25-22-9-6-20(17-26(22)32-31-25)16-23-21-4-2-3-5-24(21)30-28(23)35;;/h2-11,16-18,30,35H,12-15H2,1H3;2*1H. The molecule has 0 atom stereocenters. The van der Waals surface area contributed by atoms with E-state index >= 15 is 0 Å². The van der Waals surface area contributed by atoms with Crippen molar-refractivity contribution in [3.8, 4) is 5.88 Å². The van der Waals surface area contributed by atoms with Crippen LogP contribution in [0, 0.1) is 0 Å². The van der Waals surface area contributed by atoms with Gasteiger partial charge in [0.25, 0.3) is 0 Å². The zero-order valence-electron chi connectivity index (χ0n) is 20.3. The molecule has 0 aliphatic carbocycles. The van der Waals surface area contributed by atoms with Crippen molar-refractivity contribution in [2.24, 2.45) is 10.2 Å². The van der Waals surface area contributed by atoms with Gasteiger partial charge in [0.05, 0.1) is 11.4 Å². The Kier molecular flexibility index (Phi) is 7.97. The molecule has 0 bridgehead atoms. The first-order chi connectivity index (χ1) is 17.1. The van der Waals surface area contributed by atoms with Crippen molar-refractivity contribution in [2.45, 2.75) is 0 Å². The van der Waals surface area contributed by atoms with Crippen LogP contribution in [0.25, 0.3) is 28.8 Å². The summed E-state index contributed by atoms with van der Waals surface area (Å²) in [4.78, 5) is 12.3. The molecule has 0 radical (unpaired) electrons. The van der Waals surface area contributed by atoms with Gasteiger partial charge in [-0.25, -0.2) is 4.98 Å². The number of aromatic amines is 1. The highest BCUT2D eigenvalue weighted by Crippen LogP contribution is 2.27. The number of halogens is 2. The summed E-state index contributed by atoms with van der Waals surface area (Å²) in [5, 5.41) is 22.0. The molecular formula is C28H28Cl2N6O. The Morgan fingerprint density at radius 2 is 1.73 bits per heavy atom. The fourth-order valence-electron chi connectivity index (χ4n) is 4.58. The number of hydrogen-bond donors (Lipinski definition) is 2. The van der Waals surface area contributed by atoms with Gasteiger partial charge in [-0.15, -0.1) is 35.0 Å². The van der Waals surface area contributed by atoms with Crippen molar-refractivity contribution in [2.75, 3.05) is 38.1 Å². The first-order valence-corrected chi connectivity index (χ1v) is 11.8. The van der Waals surface area contributed by atoms with E-state index in [0.717, 1.165) is 75.8 Å². The number of nitrogens with zero attached hydrogens (tertiary/aromatic N) is 5. The van der Waals surface area contributed by atoms with Crippen LogP contribution >= 0.6 is 24.8 Å². The highest BCUT2D eigenvalue weighted by Gasteiger charge is 2.15. The predicted molar refractivity (Wildman–Crippen MR) is 155 cm³/mol. The summed E-state index contributed by atoms with van der Waals surface area (Å²) in [5.74, 6) is 1.19. The number of para-hydroxylation sites is 1. The van der Waals surface area contributed by atoms with E-state index in [4.69, 9.17) is 0 Å². The number of azo groups is 1. The first-order valence-electron chi connectivity index (χ1n) is 11.8. The monoisotopic (exact) mass is 534 g/mol. The zero-order valence-corrected chi connectivity index (χ0v) is 22.0. The molecule has 1 fully saturated rings. The van der Waals surface area contributed by atoms with Crippen molar-refractivity contribution in [1.82, 2.24) is 14.9 Å². The first kappa shape index (κ1) is 26.4. The summed E-state index contributed by atoms with van der Waals surface area (Å²) >= 11 is 0. The number of hydrogen-bond acceptors (Lipinski definition) is 6. The van der Waals surface area contributed by atoms with E-state index in [1.807, 2.05) is 66.9 Å². The molecule has 0 saturated carbocycles. The summed E-state index contributed by atoms with van der Waals surface area (Å²) in [6.45, 7) is 4.14. The molecule has 9 heteroatoms. The van der Waals surface area contributed by atoms with Gasteiger partial charge < -0.3 is 19.9 Å². The number of piperazine rings is 1. The maximum Gasteiger partial charge on any atom is 0.196 e. The number of anilines is 1. The molecule has 7 nitrogen and oxygen atoms in total. The van der Waals surface area contributed by atoms with E-state index in [9.17, 15) is 5.11 Å². The smallest absolute Gasteiger partial charge is 0.196 e. The number of aromatic hydroxyl groups is 1. The third-order valence-corrected chi connectivity index (χ3v) is 6.63. The fraction of sp³-hybridized carbons (Fsp3) is 0.179. The average Bonchev–Trinajstić information content (AvgIpc) is 3.43. The van der Waals surface area contributed by atoms with E-state index in [1.54, 1.807) is 0 Å². The molecule has 190 valence electrons. The number of rotatable bonds is 4. The van der Waals surface area contributed by atoms with Gasteiger partial charge in [0.15, 0.2) is 5.88 Å². The number of fused-ring (bicyclic) bond motifs is 2. The lowest BCUT2D eigenvalue weighted by atomic mass is 10.1. The zero-order chi connectivity index (χ0) is 23.8. The quantitative estimate of drug-likeness (QED) is 0.400. The van der Waals surface area contributed by atoms with Crippen LogP contribution in [-0.4, -0.2) is 53.2 Å². The van der Waals surface area contributed by atoms with Crippen molar-refractivity contribution < 1.29 is 5.11 Å². The third-order valence-electron chi connectivity index (χ3n) is 6.63. The fourth-order valence-corrected chi connectivity index (χ4v) is 4.58. The van der Waals surface area contributed by atoms with Gasteiger partial charge in [0.2, 0.25) is 0 Å². The highest BCUT2D eigenvalue weighted by atomic mass is 35.5. The number of benzene rings is 2. The van der Waals surface area contributed by atoms with Gasteiger partial charge in [-0.3, -0.25) is 0 Å². The molecular weight excluding hydrogens is 507 g/mol. The number of aromatic nitrogens is 2. The van der Waals surface area contributed by atoms with Gasteiger partial charge in [0.1, 0.15) is 5.82 Å². The van der Waals surface area contributed by atoms with E-state index in [-0.39, 0.29) is 30.7 Å². The Hall–Kier alpha value is -3.65. The maximum atomic E-state index is 10.4. The molecule has 2 aromatic heterocycles. The molecule has 2 N–H and O–H groups in total. The Labute approximate surface area is 227 Å². The number of nitrogens with one attached hydrogen (secondary N) is 1. The minimum Gasteiger partial charge on any atom is -0.494 e. The van der Waals surface area contributed by atoms with Gasteiger partial charge in [-0.2, -0.15) is 0 Å². The third kappa shape index (κ3) is 5.39. The van der Waals surface area contributed by atoms with Crippen LogP contribution < -0.4 is 15.3 Å². The van der Waals surface area contributed by atoms with Crippen LogP contribution in [0.3, 0.4) is 0 Å². The normalized spacial score (nSPS) is 15.8. The minimum atomic E-state index is 0. The minimum absolute atomic E-state index is 0. The van der Waals surface area contributed by atoms with Crippen LogP contribution in [-0.2, 0) is 0 Å². The van der Waals surface area contributed by atoms with Gasteiger partial charge in [-0.1, -0.05) is 30.3 Å². The molecule has 0 unspecified atom stereocenters. The molecule has 2 aromatic carbocycles. The number of H-pyrrole nitrogens is 1. The highest BCUT2D eigenvalue weighted by molar-refractivity contribution is 5.91. The molecule has 6 rings (SSSR count). The molecule has 4 heterocycles. The van der Waals surface area contributed by atoms with E-state index in [2.05, 4.69) is 49.2 Å². The molecule has 37 heavy (non-hydrogen) atoms. The second kappa shape index (κ2) is 11.2. The average molecular weight is 535 g/mol. The summed E-state index contributed by atoms with van der Waals surface area (Å²) in [6, 6.07) is 18.1. The van der Waals surface area contributed by atoms with Crippen molar-refractivity contribution in [3.63, 3.8) is 0 Å². The number of pyridine rings is 1. The molecule has 0 amide bonds. The maximum absolute atomic E-state index is 10.4. The second-order valence-electron chi connectivity index (χ2n) is 9.01. The van der Waals surface area contributed by atoms with Crippen LogP contribution in [0.4, 0.5) is 11.5 Å². The van der Waals surface area contributed by atoms with Gasteiger partial charge in [0, 0.05) is 54.1 Å². The van der Waals surface area contributed by atoms with Crippen molar-refractivity contribution in [1.29, 1.82) is 0 Å². The summed E-state index contributed by atoms with van der Waals surface area (Å²) < 4.78 is 0. The number of likely N-dealkylation sites (N-methyl/N-ethyl adjacent to an activating group) is 1. The van der Waals surface area contributed by atoms with Crippen LogP contribution in [0.2, 0.25) is 0 Å². The molecule has 4 aromatic rings. The van der Waals surface area contributed by atoms with Crippen LogP contribution in [0.1, 0.15) is 11.1 Å². The lowest BCUT2D eigenvalue weighted by molar-refractivity contribution is 0.312. The van der Waals surface area contributed by atoms with Gasteiger partial charge >= 0.3 is 0 Å². The molecule has 2 aliphatic heterocycles. The summed E-state index contributed by atoms with van der Waals surface area (Å²) in [6.07, 6.45) is 7.87. The Bertz CT molecular complexity index is 1590. The Morgan fingerprint density at radius 3 is 2.51 bits per heavy atom. The lowest BCUT2D eigenvalue weighted by Crippen LogP contribution is -2.44.